The van der Waals surface area contributed by atoms with Crippen molar-refractivity contribution in [2.24, 2.45) is 0 Å². The lowest BCUT2D eigenvalue weighted by Crippen LogP contribution is -2.13. The van der Waals surface area contributed by atoms with Crippen LogP contribution < -0.4 is 9.46 Å². The molecule has 0 bridgehead atoms. The second kappa shape index (κ2) is 7.25. The van der Waals surface area contributed by atoms with Crippen LogP contribution in [0.4, 0.5) is 5.69 Å². The van der Waals surface area contributed by atoms with Crippen LogP contribution in [0, 0.1) is 0 Å². The smallest absolute Gasteiger partial charge is 0.262 e. The van der Waals surface area contributed by atoms with Gasteiger partial charge in [-0.15, -0.1) is 0 Å². The summed E-state index contributed by atoms with van der Waals surface area (Å²) in [5, 5.41) is 0. The molecular weight excluding hydrogens is 444 g/mol. The van der Waals surface area contributed by atoms with Crippen LogP contribution in [0.2, 0.25) is 0 Å². The highest BCUT2D eigenvalue weighted by atomic mass is 79.9. The van der Waals surface area contributed by atoms with Crippen LogP contribution in [0.25, 0.3) is 17.0 Å². The van der Waals surface area contributed by atoms with Crippen molar-refractivity contribution in [3.05, 3.63) is 71.6 Å². The Bertz CT molecular complexity index is 1220. The van der Waals surface area contributed by atoms with Crippen molar-refractivity contribution < 1.29 is 13.2 Å². The van der Waals surface area contributed by atoms with Crippen molar-refractivity contribution in [2.75, 3.05) is 11.8 Å². The Hall–Kier alpha value is -2.91. The van der Waals surface area contributed by atoms with Gasteiger partial charge >= 0.3 is 0 Å². The lowest BCUT2D eigenvalue weighted by molar-refractivity contribution is 0.417. The van der Waals surface area contributed by atoms with E-state index < -0.39 is 10.0 Å². The van der Waals surface area contributed by atoms with Gasteiger partial charge in [0.15, 0.2) is 0 Å². The summed E-state index contributed by atoms with van der Waals surface area (Å²) >= 11 is 3.30. The average molecular weight is 459 g/mol. The minimum absolute atomic E-state index is 0.153. The minimum Gasteiger partial charge on any atom is -0.495 e. The number of ether oxygens (including phenoxy) is 1. The largest absolute Gasteiger partial charge is 0.495 e. The summed E-state index contributed by atoms with van der Waals surface area (Å²) < 4.78 is 36.0. The van der Waals surface area contributed by atoms with Crippen molar-refractivity contribution >= 4 is 37.4 Å². The molecule has 7 nitrogen and oxygen atoms in total. The number of nitrogens with zero attached hydrogens (tertiary/aromatic N) is 3. The highest BCUT2D eigenvalue weighted by molar-refractivity contribution is 9.10. The van der Waals surface area contributed by atoms with Crippen LogP contribution in [0.15, 0.2) is 76.5 Å². The first-order valence-corrected chi connectivity index (χ1v) is 10.5. The quantitative estimate of drug-likeness (QED) is 0.488. The number of nitrogens with one attached hydrogen (secondary N) is 1. The molecule has 0 atom stereocenters. The van der Waals surface area contributed by atoms with Crippen LogP contribution in [0.1, 0.15) is 0 Å². The number of sulfonamides is 1. The number of methoxy groups -OCH3 is 1. The van der Waals surface area contributed by atoms with Gasteiger partial charge in [-0.2, -0.15) is 0 Å². The number of fused-ring (bicyclic) bond motifs is 1. The Balaban J connectivity index is 1.73. The number of aromatic nitrogens is 3. The summed E-state index contributed by atoms with van der Waals surface area (Å²) in [5.74, 6) is 0.969. The van der Waals surface area contributed by atoms with Crippen LogP contribution in [-0.4, -0.2) is 29.9 Å². The molecular formula is C19H15BrN4O3S. The van der Waals surface area contributed by atoms with E-state index in [1.54, 1.807) is 34.9 Å². The molecule has 0 saturated carbocycles. The summed E-state index contributed by atoms with van der Waals surface area (Å²) in [5.41, 5.74) is 1.73. The molecule has 142 valence electrons. The molecule has 0 aliphatic carbocycles. The Morgan fingerprint density at radius 3 is 2.64 bits per heavy atom. The van der Waals surface area contributed by atoms with E-state index >= 15 is 0 Å². The Morgan fingerprint density at radius 1 is 1.14 bits per heavy atom. The molecule has 0 aliphatic heterocycles. The molecule has 2 aromatic heterocycles. The first-order chi connectivity index (χ1) is 13.5. The fourth-order valence-corrected chi connectivity index (χ4v) is 4.06. The van der Waals surface area contributed by atoms with Crippen molar-refractivity contribution in [2.45, 2.75) is 4.90 Å². The maximum atomic E-state index is 12.8. The molecule has 0 saturated heterocycles. The predicted octanol–water partition coefficient (Wildman–Crippen LogP) is 3.97. The lowest BCUT2D eigenvalue weighted by atomic mass is 10.1. The molecule has 2 heterocycles. The summed E-state index contributed by atoms with van der Waals surface area (Å²) in [6, 6.07) is 13.4. The molecule has 1 N–H and O–H groups in total. The fraction of sp³-hybridized carbons (Fsp3) is 0.0526. The van der Waals surface area contributed by atoms with Gasteiger partial charge in [0, 0.05) is 28.6 Å². The van der Waals surface area contributed by atoms with Gasteiger partial charge in [-0.3, -0.25) is 9.12 Å². The number of rotatable bonds is 5. The number of benzene rings is 2. The predicted molar refractivity (Wildman–Crippen MR) is 110 cm³/mol. The molecule has 0 aliphatic rings. The van der Waals surface area contributed by atoms with Gasteiger partial charge in [0.05, 0.1) is 23.4 Å². The number of hydrogen-bond donors (Lipinski definition) is 1. The van der Waals surface area contributed by atoms with Gasteiger partial charge in [-0.05, 0) is 48.5 Å². The van der Waals surface area contributed by atoms with E-state index in [0.717, 1.165) is 10.0 Å². The van der Waals surface area contributed by atoms with Crippen molar-refractivity contribution in [3.8, 4) is 17.0 Å². The molecule has 0 fully saturated rings. The zero-order valence-corrected chi connectivity index (χ0v) is 17.1. The van der Waals surface area contributed by atoms with Gasteiger partial charge in [0.1, 0.15) is 5.75 Å². The molecule has 2 aromatic carbocycles. The summed E-state index contributed by atoms with van der Waals surface area (Å²) in [7, 11) is -2.29. The molecule has 9 heteroatoms. The number of anilines is 1. The Labute approximate surface area is 170 Å². The third-order valence-corrected chi connectivity index (χ3v) is 6.01. The van der Waals surface area contributed by atoms with E-state index in [-0.39, 0.29) is 4.90 Å². The first-order valence-electron chi connectivity index (χ1n) is 8.23. The Kier molecular flexibility index (Phi) is 4.78. The topological polar surface area (TPSA) is 85.6 Å². The van der Waals surface area contributed by atoms with Gasteiger partial charge in [0.25, 0.3) is 10.0 Å². The van der Waals surface area contributed by atoms with Gasteiger partial charge in [-0.25, -0.2) is 18.4 Å². The second-order valence-electron chi connectivity index (χ2n) is 5.93. The van der Waals surface area contributed by atoms with E-state index in [2.05, 4.69) is 30.6 Å². The third kappa shape index (κ3) is 3.58. The van der Waals surface area contributed by atoms with E-state index in [4.69, 9.17) is 4.74 Å². The third-order valence-electron chi connectivity index (χ3n) is 4.10. The maximum absolute atomic E-state index is 12.8. The highest BCUT2D eigenvalue weighted by Gasteiger charge is 2.18. The van der Waals surface area contributed by atoms with E-state index in [0.29, 0.717) is 22.9 Å². The standard InChI is InChI=1S/C19H15BrN4O3S/c1-27-18-8-3-13(17-12-24-10-2-9-21-19(24)22-17)11-16(18)23-28(25,26)15-6-4-14(20)5-7-15/h2-12,23H,1H3. The average Bonchev–Trinajstić information content (AvgIpc) is 3.12. The van der Waals surface area contributed by atoms with E-state index in [1.807, 2.05) is 24.5 Å². The number of halogens is 1. The van der Waals surface area contributed by atoms with Crippen molar-refractivity contribution in [3.63, 3.8) is 0 Å². The zero-order valence-electron chi connectivity index (χ0n) is 14.7. The number of imidazole rings is 1. The lowest BCUT2D eigenvalue weighted by Gasteiger charge is -2.13. The number of hydrogen-bond acceptors (Lipinski definition) is 5. The van der Waals surface area contributed by atoms with Gasteiger partial charge < -0.3 is 4.74 Å². The van der Waals surface area contributed by atoms with E-state index in [9.17, 15) is 8.42 Å². The zero-order chi connectivity index (χ0) is 19.7. The molecule has 28 heavy (non-hydrogen) atoms. The van der Waals surface area contributed by atoms with Crippen molar-refractivity contribution in [1.82, 2.24) is 14.4 Å². The normalized spacial score (nSPS) is 11.5. The molecule has 0 spiro atoms. The van der Waals surface area contributed by atoms with Crippen molar-refractivity contribution in [1.29, 1.82) is 0 Å². The monoisotopic (exact) mass is 458 g/mol. The molecule has 4 rings (SSSR count). The fourth-order valence-electron chi connectivity index (χ4n) is 2.73. The molecule has 0 amide bonds. The van der Waals surface area contributed by atoms with Crippen LogP contribution in [-0.2, 0) is 10.0 Å². The molecule has 0 radical (unpaired) electrons. The maximum Gasteiger partial charge on any atom is 0.262 e. The van der Waals surface area contributed by atoms with Crippen LogP contribution in [0.5, 0.6) is 5.75 Å². The van der Waals surface area contributed by atoms with Gasteiger partial charge in [-0.1, -0.05) is 15.9 Å². The highest BCUT2D eigenvalue weighted by Crippen LogP contribution is 2.32. The summed E-state index contributed by atoms with van der Waals surface area (Å²) in [6.07, 6.45) is 5.34. The van der Waals surface area contributed by atoms with Crippen LogP contribution in [0.3, 0.4) is 0 Å². The van der Waals surface area contributed by atoms with Gasteiger partial charge in [0.2, 0.25) is 5.78 Å². The van der Waals surface area contributed by atoms with E-state index in [1.165, 1.54) is 19.2 Å². The molecule has 4 aromatic rings. The Morgan fingerprint density at radius 2 is 1.93 bits per heavy atom. The summed E-state index contributed by atoms with van der Waals surface area (Å²) in [6.45, 7) is 0. The SMILES string of the molecule is COc1ccc(-c2cn3cccnc3n2)cc1NS(=O)(=O)c1ccc(Br)cc1. The van der Waals surface area contributed by atoms with Crippen LogP contribution >= 0.6 is 15.9 Å². The minimum atomic E-state index is -3.78. The summed E-state index contributed by atoms with van der Waals surface area (Å²) in [4.78, 5) is 8.83. The first kappa shape index (κ1) is 18.5. The second-order valence-corrected chi connectivity index (χ2v) is 8.53. The molecule has 0 unspecified atom stereocenters.